The Kier molecular flexibility index (Phi) is 4.04. The minimum Gasteiger partial charge on any atom is -0.493 e. The predicted molar refractivity (Wildman–Crippen MR) is 73.7 cm³/mol. The number of hydrogen-bond acceptors (Lipinski definition) is 4. The van der Waals surface area contributed by atoms with Gasteiger partial charge in [-0.2, -0.15) is 0 Å². The summed E-state index contributed by atoms with van der Waals surface area (Å²) in [5.41, 5.74) is 6.60. The van der Waals surface area contributed by atoms with Crippen LogP contribution in [0.3, 0.4) is 0 Å². The molecule has 0 radical (unpaired) electrons. The number of pyridine rings is 1. The van der Waals surface area contributed by atoms with E-state index < -0.39 is 0 Å². The summed E-state index contributed by atoms with van der Waals surface area (Å²) >= 11 is 3.43. The monoisotopic (exact) mass is 308 g/mol. The predicted octanol–water partition coefficient (Wildman–Crippen LogP) is 3.01. The molecule has 94 valence electrons. The standard InChI is InChI=1S/C13H13BrN2O2/c1-17-11-6-2-5-10(14)12(11)18-8-9-4-3-7-16-13(9)15/h2-7H,8H2,1H3,(H2,15,16). The Bertz CT molecular complexity index is 546. The molecule has 0 fully saturated rings. The zero-order valence-electron chi connectivity index (χ0n) is 9.89. The van der Waals surface area contributed by atoms with Gasteiger partial charge < -0.3 is 15.2 Å². The molecule has 0 saturated heterocycles. The third-order valence-corrected chi connectivity index (χ3v) is 3.07. The zero-order valence-corrected chi connectivity index (χ0v) is 11.5. The molecule has 1 aromatic carbocycles. The van der Waals surface area contributed by atoms with Crippen molar-refractivity contribution in [2.45, 2.75) is 6.61 Å². The zero-order chi connectivity index (χ0) is 13.0. The number of methoxy groups -OCH3 is 1. The molecule has 0 saturated carbocycles. The van der Waals surface area contributed by atoms with E-state index in [9.17, 15) is 0 Å². The largest absolute Gasteiger partial charge is 0.493 e. The van der Waals surface area contributed by atoms with E-state index in [-0.39, 0.29) is 0 Å². The number of nitrogens with two attached hydrogens (primary N) is 1. The minimum absolute atomic E-state index is 0.346. The number of ether oxygens (including phenoxy) is 2. The highest BCUT2D eigenvalue weighted by Crippen LogP contribution is 2.35. The number of para-hydroxylation sites is 1. The molecule has 0 aliphatic rings. The number of rotatable bonds is 4. The summed E-state index contributed by atoms with van der Waals surface area (Å²) in [4.78, 5) is 4.01. The van der Waals surface area contributed by atoms with Crippen molar-refractivity contribution >= 4 is 21.7 Å². The first-order chi connectivity index (χ1) is 8.72. The first-order valence-electron chi connectivity index (χ1n) is 5.37. The van der Waals surface area contributed by atoms with E-state index >= 15 is 0 Å². The Morgan fingerprint density at radius 2 is 2.11 bits per heavy atom. The molecule has 0 amide bonds. The number of nitrogens with zero attached hydrogens (tertiary/aromatic N) is 1. The van der Waals surface area contributed by atoms with E-state index in [0.717, 1.165) is 10.0 Å². The highest BCUT2D eigenvalue weighted by atomic mass is 79.9. The van der Waals surface area contributed by atoms with Crippen LogP contribution in [0.25, 0.3) is 0 Å². The molecular weight excluding hydrogens is 296 g/mol. The van der Waals surface area contributed by atoms with Crippen molar-refractivity contribution in [3.63, 3.8) is 0 Å². The fourth-order valence-electron chi connectivity index (χ4n) is 1.51. The average molecular weight is 309 g/mol. The molecule has 0 bridgehead atoms. The Balaban J connectivity index is 2.18. The van der Waals surface area contributed by atoms with Gasteiger partial charge in [0.25, 0.3) is 0 Å². The third-order valence-electron chi connectivity index (χ3n) is 2.45. The summed E-state index contributed by atoms with van der Waals surface area (Å²) in [5.74, 6) is 1.80. The number of anilines is 1. The van der Waals surface area contributed by atoms with Crippen molar-refractivity contribution in [1.29, 1.82) is 0 Å². The van der Waals surface area contributed by atoms with E-state index in [1.54, 1.807) is 13.3 Å². The van der Waals surface area contributed by atoms with Crippen molar-refractivity contribution in [3.05, 3.63) is 46.6 Å². The first kappa shape index (κ1) is 12.7. The topological polar surface area (TPSA) is 57.4 Å². The van der Waals surface area contributed by atoms with Gasteiger partial charge in [-0.25, -0.2) is 4.98 Å². The van der Waals surface area contributed by atoms with Crippen LogP contribution in [0.5, 0.6) is 11.5 Å². The van der Waals surface area contributed by atoms with Crippen LogP contribution in [-0.2, 0) is 6.61 Å². The summed E-state index contributed by atoms with van der Waals surface area (Å²) in [6.45, 7) is 0.346. The van der Waals surface area contributed by atoms with E-state index in [4.69, 9.17) is 15.2 Å². The highest BCUT2D eigenvalue weighted by molar-refractivity contribution is 9.10. The summed E-state index contributed by atoms with van der Waals surface area (Å²) < 4.78 is 11.8. The average Bonchev–Trinajstić information content (AvgIpc) is 2.39. The van der Waals surface area contributed by atoms with Crippen LogP contribution in [-0.4, -0.2) is 12.1 Å². The lowest BCUT2D eigenvalue weighted by Crippen LogP contribution is -2.03. The maximum atomic E-state index is 5.76. The molecule has 0 aliphatic heterocycles. The number of aromatic nitrogens is 1. The SMILES string of the molecule is COc1cccc(Br)c1OCc1cccnc1N. The summed E-state index contributed by atoms with van der Waals surface area (Å²) in [7, 11) is 1.60. The maximum Gasteiger partial charge on any atom is 0.175 e. The fraction of sp³-hybridized carbons (Fsp3) is 0.154. The molecule has 2 rings (SSSR count). The molecule has 5 heteroatoms. The lowest BCUT2D eigenvalue weighted by molar-refractivity contribution is 0.283. The quantitative estimate of drug-likeness (QED) is 0.943. The molecule has 1 heterocycles. The van der Waals surface area contributed by atoms with Crippen molar-refractivity contribution < 1.29 is 9.47 Å². The van der Waals surface area contributed by atoms with Gasteiger partial charge in [0.2, 0.25) is 0 Å². The van der Waals surface area contributed by atoms with Gasteiger partial charge in [-0.1, -0.05) is 12.1 Å². The second kappa shape index (κ2) is 5.73. The smallest absolute Gasteiger partial charge is 0.175 e. The minimum atomic E-state index is 0.346. The fourth-order valence-corrected chi connectivity index (χ4v) is 1.98. The van der Waals surface area contributed by atoms with Crippen molar-refractivity contribution in [2.75, 3.05) is 12.8 Å². The Morgan fingerprint density at radius 3 is 2.83 bits per heavy atom. The van der Waals surface area contributed by atoms with Gasteiger partial charge in [-0.3, -0.25) is 0 Å². The van der Waals surface area contributed by atoms with Crippen molar-refractivity contribution in [2.24, 2.45) is 0 Å². The van der Waals surface area contributed by atoms with E-state index in [2.05, 4.69) is 20.9 Å². The molecule has 0 unspecified atom stereocenters. The molecule has 0 spiro atoms. The summed E-state index contributed by atoms with van der Waals surface area (Å²) in [6, 6.07) is 9.32. The van der Waals surface area contributed by atoms with Gasteiger partial charge in [-0.15, -0.1) is 0 Å². The summed E-state index contributed by atoms with van der Waals surface area (Å²) in [6.07, 6.45) is 1.65. The lowest BCUT2D eigenvalue weighted by atomic mass is 10.2. The van der Waals surface area contributed by atoms with Crippen LogP contribution >= 0.6 is 15.9 Å². The van der Waals surface area contributed by atoms with E-state index in [0.29, 0.717) is 23.9 Å². The first-order valence-corrected chi connectivity index (χ1v) is 6.16. The van der Waals surface area contributed by atoms with Gasteiger partial charge in [0.05, 0.1) is 11.6 Å². The van der Waals surface area contributed by atoms with Crippen molar-refractivity contribution in [1.82, 2.24) is 4.98 Å². The van der Waals surface area contributed by atoms with Crippen LogP contribution in [0.2, 0.25) is 0 Å². The third kappa shape index (κ3) is 2.73. The number of hydrogen-bond donors (Lipinski definition) is 1. The second-order valence-electron chi connectivity index (χ2n) is 3.61. The Morgan fingerprint density at radius 1 is 1.28 bits per heavy atom. The van der Waals surface area contributed by atoms with Crippen LogP contribution in [0, 0.1) is 0 Å². The summed E-state index contributed by atoms with van der Waals surface area (Å²) in [5, 5.41) is 0. The Labute approximate surface area is 114 Å². The van der Waals surface area contributed by atoms with Crippen LogP contribution in [0.1, 0.15) is 5.56 Å². The van der Waals surface area contributed by atoms with Crippen molar-refractivity contribution in [3.8, 4) is 11.5 Å². The molecule has 2 aromatic rings. The Hall–Kier alpha value is -1.75. The molecule has 2 N–H and O–H groups in total. The van der Waals surface area contributed by atoms with Crippen LogP contribution in [0.15, 0.2) is 41.0 Å². The van der Waals surface area contributed by atoms with Gasteiger partial charge in [0.1, 0.15) is 12.4 Å². The van der Waals surface area contributed by atoms with Gasteiger partial charge in [-0.05, 0) is 34.1 Å². The molecule has 0 atom stereocenters. The molecule has 0 aliphatic carbocycles. The normalized spacial score (nSPS) is 10.1. The van der Waals surface area contributed by atoms with E-state index in [1.807, 2.05) is 30.3 Å². The van der Waals surface area contributed by atoms with E-state index in [1.165, 1.54) is 0 Å². The van der Waals surface area contributed by atoms with Gasteiger partial charge in [0.15, 0.2) is 11.5 Å². The highest BCUT2D eigenvalue weighted by Gasteiger charge is 2.09. The van der Waals surface area contributed by atoms with Gasteiger partial charge in [0, 0.05) is 11.8 Å². The molecule has 1 aromatic heterocycles. The van der Waals surface area contributed by atoms with Crippen LogP contribution < -0.4 is 15.2 Å². The number of halogens is 1. The lowest BCUT2D eigenvalue weighted by Gasteiger charge is -2.12. The molecule has 18 heavy (non-hydrogen) atoms. The number of nitrogen functional groups attached to an aromatic ring is 1. The van der Waals surface area contributed by atoms with Crippen LogP contribution in [0.4, 0.5) is 5.82 Å². The number of benzene rings is 1. The van der Waals surface area contributed by atoms with Gasteiger partial charge >= 0.3 is 0 Å². The second-order valence-corrected chi connectivity index (χ2v) is 4.46. The maximum absolute atomic E-state index is 5.76. The molecular formula is C13H13BrN2O2. The molecule has 4 nitrogen and oxygen atoms in total.